The zero-order valence-electron chi connectivity index (χ0n) is 16.6. The topological polar surface area (TPSA) is 88.3 Å². The summed E-state index contributed by atoms with van der Waals surface area (Å²) >= 11 is 1.52. The molecule has 5 rings (SSSR count). The number of aromatic amines is 1. The van der Waals surface area contributed by atoms with Gasteiger partial charge in [0.25, 0.3) is 5.91 Å². The number of aryl methyl sites for hydroxylation is 1. The molecule has 9 heteroatoms. The van der Waals surface area contributed by atoms with E-state index >= 15 is 0 Å². The summed E-state index contributed by atoms with van der Waals surface area (Å²) in [4.78, 5) is 31.8. The van der Waals surface area contributed by atoms with Crippen molar-refractivity contribution in [3.8, 4) is 5.00 Å². The summed E-state index contributed by atoms with van der Waals surface area (Å²) in [7, 11) is 0. The fourth-order valence-electron chi connectivity index (χ4n) is 4.21. The van der Waals surface area contributed by atoms with Gasteiger partial charge in [0, 0.05) is 25.7 Å². The first-order valence-electron chi connectivity index (χ1n) is 10.0. The smallest absolute Gasteiger partial charge is 0.337 e. The molecule has 4 aromatic heterocycles. The number of aromatic nitrogens is 5. The Morgan fingerprint density at radius 2 is 2.07 bits per heavy atom. The van der Waals surface area contributed by atoms with Gasteiger partial charge in [0.2, 0.25) is 0 Å². The Labute approximate surface area is 176 Å². The van der Waals surface area contributed by atoms with Crippen LogP contribution in [-0.4, -0.2) is 48.0 Å². The van der Waals surface area contributed by atoms with E-state index < -0.39 is 0 Å². The molecule has 0 unspecified atom stereocenters. The second-order valence-corrected chi connectivity index (χ2v) is 8.57. The van der Waals surface area contributed by atoms with Gasteiger partial charge in [-0.25, -0.2) is 19.4 Å². The minimum Gasteiger partial charge on any atom is -0.337 e. The number of rotatable bonds is 4. The molecule has 0 aromatic carbocycles. The quantitative estimate of drug-likeness (QED) is 0.548. The number of pyridine rings is 1. The van der Waals surface area contributed by atoms with Crippen molar-refractivity contribution >= 4 is 22.9 Å². The van der Waals surface area contributed by atoms with Gasteiger partial charge < -0.3 is 4.90 Å². The monoisotopic (exact) mass is 422 g/mol. The van der Waals surface area contributed by atoms with Gasteiger partial charge in [-0.2, -0.15) is 5.10 Å². The van der Waals surface area contributed by atoms with Crippen LogP contribution in [0.15, 0.2) is 46.7 Å². The summed E-state index contributed by atoms with van der Waals surface area (Å²) in [5.41, 5.74) is 1.98. The van der Waals surface area contributed by atoms with Gasteiger partial charge in [-0.1, -0.05) is 6.07 Å². The van der Waals surface area contributed by atoms with Crippen LogP contribution in [0, 0.1) is 12.8 Å². The lowest BCUT2D eigenvalue weighted by atomic mass is 9.93. The first-order valence-corrected chi connectivity index (χ1v) is 10.9. The molecule has 0 aliphatic carbocycles. The third-order valence-electron chi connectivity index (χ3n) is 5.75. The Hall–Kier alpha value is -3.20. The van der Waals surface area contributed by atoms with Crippen LogP contribution in [-0.2, 0) is 6.42 Å². The van der Waals surface area contributed by atoms with E-state index in [1.165, 1.54) is 11.3 Å². The van der Waals surface area contributed by atoms with E-state index in [0.29, 0.717) is 31.1 Å². The number of carbonyl (C=O) groups is 1. The van der Waals surface area contributed by atoms with E-state index in [2.05, 4.69) is 15.2 Å². The maximum Gasteiger partial charge on any atom is 0.348 e. The van der Waals surface area contributed by atoms with Gasteiger partial charge in [-0.3, -0.25) is 9.20 Å². The van der Waals surface area contributed by atoms with Crippen LogP contribution in [0.25, 0.3) is 10.6 Å². The first kappa shape index (κ1) is 18.8. The lowest BCUT2D eigenvalue weighted by Gasteiger charge is -2.31. The second kappa shape index (κ2) is 7.56. The molecule has 154 valence electrons. The Morgan fingerprint density at radius 3 is 2.83 bits per heavy atom. The Bertz CT molecular complexity index is 1240. The summed E-state index contributed by atoms with van der Waals surface area (Å²) in [5.74, 6) is 1.16. The molecule has 0 saturated carbocycles. The molecular weight excluding hydrogens is 400 g/mol. The average molecular weight is 423 g/mol. The van der Waals surface area contributed by atoms with Crippen molar-refractivity contribution in [3.05, 3.63) is 69.6 Å². The van der Waals surface area contributed by atoms with E-state index in [9.17, 15) is 9.59 Å². The molecule has 0 atom stereocenters. The molecule has 5 heterocycles. The van der Waals surface area contributed by atoms with E-state index in [1.54, 1.807) is 4.57 Å². The van der Waals surface area contributed by atoms with Crippen LogP contribution in [0.2, 0.25) is 0 Å². The van der Waals surface area contributed by atoms with Crippen molar-refractivity contribution in [1.82, 2.24) is 29.0 Å². The van der Waals surface area contributed by atoms with E-state index in [-0.39, 0.29) is 11.6 Å². The predicted molar refractivity (Wildman–Crippen MR) is 114 cm³/mol. The lowest BCUT2D eigenvalue weighted by Crippen LogP contribution is -2.39. The Morgan fingerprint density at radius 1 is 1.23 bits per heavy atom. The molecule has 8 nitrogen and oxygen atoms in total. The highest BCUT2D eigenvalue weighted by Gasteiger charge is 2.28. The van der Waals surface area contributed by atoms with Crippen molar-refractivity contribution in [3.63, 3.8) is 0 Å². The molecule has 0 spiro atoms. The minimum atomic E-state index is -0.205. The molecule has 0 bridgehead atoms. The van der Waals surface area contributed by atoms with Gasteiger partial charge in [-0.15, -0.1) is 11.3 Å². The number of fused-ring (bicyclic) bond motifs is 1. The summed E-state index contributed by atoms with van der Waals surface area (Å²) in [6.07, 6.45) is 4.37. The predicted octanol–water partition coefficient (Wildman–Crippen LogP) is 2.67. The van der Waals surface area contributed by atoms with Crippen molar-refractivity contribution in [2.75, 3.05) is 13.1 Å². The largest absolute Gasteiger partial charge is 0.348 e. The maximum absolute atomic E-state index is 13.2. The third-order valence-corrected chi connectivity index (χ3v) is 6.60. The zero-order chi connectivity index (χ0) is 20.7. The fraction of sp³-hybridized carbons (Fsp3) is 0.333. The summed E-state index contributed by atoms with van der Waals surface area (Å²) in [6.45, 7) is 3.27. The van der Waals surface area contributed by atoms with E-state index in [0.717, 1.165) is 35.0 Å². The molecule has 1 aliphatic heterocycles. The first-order chi connectivity index (χ1) is 14.6. The Kier molecular flexibility index (Phi) is 4.74. The molecule has 0 radical (unpaired) electrons. The SMILES string of the molecule is Cc1nc2ccccn2c1C(=O)N1CCC(Cc2n[nH]c(=O)n2-c2cccs2)CC1. The van der Waals surface area contributed by atoms with Gasteiger partial charge in [0.15, 0.2) is 0 Å². The third kappa shape index (κ3) is 3.24. The number of hydrogen-bond acceptors (Lipinski definition) is 5. The van der Waals surface area contributed by atoms with Crippen molar-refractivity contribution in [2.45, 2.75) is 26.2 Å². The zero-order valence-corrected chi connectivity index (χ0v) is 17.4. The standard InChI is InChI=1S/C21H22N6O2S/c1-14-19(26-9-3-2-5-16(26)22-14)20(28)25-10-7-15(8-11-25)13-17-23-24-21(29)27(17)18-6-4-12-30-18/h2-6,9,12,15H,7-8,10-11,13H2,1H3,(H,24,29). The second-order valence-electron chi connectivity index (χ2n) is 7.65. The lowest BCUT2D eigenvalue weighted by molar-refractivity contribution is 0.0682. The average Bonchev–Trinajstić information content (AvgIpc) is 3.46. The van der Waals surface area contributed by atoms with Crippen LogP contribution in [0.4, 0.5) is 0 Å². The maximum atomic E-state index is 13.2. The number of carbonyl (C=O) groups excluding carboxylic acids is 1. The fourth-order valence-corrected chi connectivity index (χ4v) is 4.96. The molecular formula is C21H22N6O2S. The highest BCUT2D eigenvalue weighted by Crippen LogP contribution is 2.24. The van der Waals surface area contributed by atoms with Crippen LogP contribution >= 0.6 is 11.3 Å². The number of nitrogens with zero attached hydrogens (tertiary/aromatic N) is 5. The number of H-pyrrole nitrogens is 1. The van der Waals surface area contributed by atoms with Gasteiger partial charge in [0.1, 0.15) is 22.2 Å². The van der Waals surface area contributed by atoms with E-state index in [1.807, 2.05) is 58.1 Å². The van der Waals surface area contributed by atoms with Gasteiger partial charge in [-0.05, 0) is 55.3 Å². The molecule has 1 aliphatic rings. The molecule has 1 N–H and O–H groups in total. The number of amides is 1. The summed E-state index contributed by atoms with van der Waals surface area (Å²) in [5, 5.41) is 9.64. The molecule has 4 aromatic rings. The number of likely N-dealkylation sites (tertiary alicyclic amines) is 1. The number of imidazole rings is 1. The molecule has 1 amide bonds. The van der Waals surface area contributed by atoms with Crippen molar-refractivity contribution in [2.24, 2.45) is 5.92 Å². The van der Waals surface area contributed by atoms with Crippen molar-refractivity contribution < 1.29 is 4.79 Å². The van der Waals surface area contributed by atoms with Crippen LogP contribution < -0.4 is 5.69 Å². The summed E-state index contributed by atoms with van der Waals surface area (Å²) in [6, 6.07) is 9.59. The highest BCUT2D eigenvalue weighted by molar-refractivity contribution is 7.12. The Balaban J connectivity index is 1.29. The van der Waals surface area contributed by atoms with Gasteiger partial charge >= 0.3 is 5.69 Å². The summed E-state index contributed by atoms with van der Waals surface area (Å²) < 4.78 is 3.52. The van der Waals surface area contributed by atoms with Gasteiger partial charge in [0.05, 0.1) is 5.69 Å². The minimum absolute atomic E-state index is 0.0277. The molecule has 30 heavy (non-hydrogen) atoms. The van der Waals surface area contributed by atoms with Crippen molar-refractivity contribution in [1.29, 1.82) is 0 Å². The van der Waals surface area contributed by atoms with Crippen LogP contribution in [0.1, 0.15) is 34.8 Å². The number of piperidine rings is 1. The highest BCUT2D eigenvalue weighted by atomic mass is 32.1. The number of hydrogen-bond donors (Lipinski definition) is 1. The number of nitrogens with one attached hydrogen (secondary N) is 1. The van der Waals surface area contributed by atoms with Crippen LogP contribution in [0.5, 0.6) is 0 Å². The van der Waals surface area contributed by atoms with Crippen LogP contribution in [0.3, 0.4) is 0 Å². The molecule has 1 fully saturated rings. The number of thiophene rings is 1. The van der Waals surface area contributed by atoms with E-state index in [4.69, 9.17) is 0 Å². The normalized spacial score (nSPS) is 15.2. The molecule has 1 saturated heterocycles.